The molecule has 0 aliphatic heterocycles. The number of amides is 1. The quantitative estimate of drug-likeness (QED) is 0.572. The van der Waals surface area contributed by atoms with Crippen molar-refractivity contribution in [3.63, 3.8) is 0 Å². The molecule has 1 aromatic carbocycles. The number of nitrogens with one attached hydrogen (secondary N) is 1. The third-order valence-electron chi connectivity index (χ3n) is 4.64. The number of benzene rings is 1. The first-order valence-corrected chi connectivity index (χ1v) is 10.2. The molecule has 3 rings (SSSR count). The lowest BCUT2D eigenvalue weighted by atomic mass is 10.1. The molecule has 3 aromatic rings. The number of methoxy groups -OCH3 is 1. The SMILES string of the molecule is CCN(CC)CCCNC(=O)c1csc2nc(-c3cccc(OC)c3)cn12. The minimum Gasteiger partial charge on any atom is -0.497 e. The van der Waals surface area contributed by atoms with Gasteiger partial charge in [-0.25, -0.2) is 4.98 Å². The number of imidazole rings is 1. The van der Waals surface area contributed by atoms with Crippen LogP contribution in [0, 0.1) is 0 Å². The molecule has 144 valence electrons. The number of aromatic nitrogens is 2. The van der Waals surface area contributed by atoms with Crippen LogP contribution < -0.4 is 10.1 Å². The van der Waals surface area contributed by atoms with Crippen molar-refractivity contribution in [2.45, 2.75) is 20.3 Å². The second-order valence-corrected chi connectivity index (χ2v) is 7.10. The van der Waals surface area contributed by atoms with Crippen molar-refractivity contribution in [1.29, 1.82) is 0 Å². The lowest BCUT2D eigenvalue weighted by Gasteiger charge is -2.17. The molecule has 2 aromatic heterocycles. The number of carbonyl (C=O) groups is 1. The first kappa shape index (κ1) is 19.4. The van der Waals surface area contributed by atoms with Crippen molar-refractivity contribution in [1.82, 2.24) is 19.6 Å². The Morgan fingerprint density at radius 2 is 2.15 bits per heavy atom. The van der Waals surface area contributed by atoms with Crippen molar-refractivity contribution in [3.05, 3.63) is 41.5 Å². The van der Waals surface area contributed by atoms with E-state index in [-0.39, 0.29) is 5.91 Å². The molecule has 2 heterocycles. The normalized spacial score (nSPS) is 11.3. The molecule has 0 bridgehead atoms. The van der Waals surface area contributed by atoms with Crippen LogP contribution >= 0.6 is 11.3 Å². The summed E-state index contributed by atoms with van der Waals surface area (Å²) in [7, 11) is 1.65. The molecule has 1 N–H and O–H groups in total. The molecule has 0 atom stereocenters. The molecule has 0 spiro atoms. The largest absolute Gasteiger partial charge is 0.497 e. The number of nitrogens with zero attached hydrogens (tertiary/aromatic N) is 3. The molecule has 6 nitrogen and oxygen atoms in total. The number of thiazole rings is 1. The number of rotatable bonds is 9. The van der Waals surface area contributed by atoms with Gasteiger partial charge in [-0.2, -0.15) is 0 Å². The monoisotopic (exact) mass is 386 g/mol. The van der Waals surface area contributed by atoms with Gasteiger partial charge in [0.25, 0.3) is 5.91 Å². The first-order valence-electron chi connectivity index (χ1n) is 9.27. The molecule has 1 amide bonds. The van der Waals surface area contributed by atoms with Crippen LogP contribution in [0.5, 0.6) is 5.75 Å². The summed E-state index contributed by atoms with van der Waals surface area (Å²) < 4.78 is 7.14. The first-order chi connectivity index (χ1) is 13.2. The smallest absolute Gasteiger partial charge is 0.269 e. The Labute approximate surface area is 163 Å². The number of fused-ring (bicyclic) bond motifs is 1. The minimum atomic E-state index is -0.0598. The number of hydrogen-bond donors (Lipinski definition) is 1. The summed E-state index contributed by atoms with van der Waals surface area (Å²) in [6.07, 6.45) is 2.85. The molecule has 27 heavy (non-hydrogen) atoms. The molecule has 0 radical (unpaired) electrons. The Kier molecular flexibility index (Phi) is 6.47. The van der Waals surface area contributed by atoms with E-state index in [1.807, 2.05) is 40.2 Å². The van der Waals surface area contributed by atoms with Crippen LogP contribution in [0.2, 0.25) is 0 Å². The topological polar surface area (TPSA) is 58.9 Å². The van der Waals surface area contributed by atoms with Crippen molar-refractivity contribution >= 4 is 22.2 Å². The highest BCUT2D eigenvalue weighted by molar-refractivity contribution is 7.15. The lowest BCUT2D eigenvalue weighted by molar-refractivity contribution is 0.0946. The molecule has 0 aliphatic carbocycles. The standard InChI is InChI=1S/C20H26N4O2S/c1-4-23(5-2)11-7-10-21-19(25)18-14-27-20-22-17(13-24(18)20)15-8-6-9-16(12-15)26-3/h6,8-9,12-14H,4-5,7,10-11H2,1-3H3,(H,21,25). The Morgan fingerprint density at radius 3 is 2.89 bits per heavy atom. The van der Waals surface area contributed by atoms with Gasteiger partial charge in [0, 0.05) is 23.7 Å². The van der Waals surface area contributed by atoms with Crippen molar-refractivity contribution in [2.75, 3.05) is 33.3 Å². The van der Waals surface area contributed by atoms with Gasteiger partial charge in [-0.15, -0.1) is 11.3 Å². The van der Waals surface area contributed by atoms with Gasteiger partial charge in [-0.3, -0.25) is 9.20 Å². The van der Waals surface area contributed by atoms with E-state index in [4.69, 9.17) is 4.74 Å². The van der Waals surface area contributed by atoms with Crippen LogP contribution in [0.4, 0.5) is 0 Å². The maximum atomic E-state index is 12.6. The summed E-state index contributed by atoms with van der Waals surface area (Å²) in [5.41, 5.74) is 2.42. The second-order valence-electron chi connectivity index (χ2n) is 6.27. The summed E-state index contributed by atoms with van der Waals surface area (Å²) in [6, 6.07) is 7.77. The van der Waals surface area contributed by atoms with E-state index < -0.39 is 0 Å². The van der Waals surface area contributed by atoms with E-state index in [1.54, 1.807) is 7.11 Å². The van der Waals surface area contributed by atoms with Gasteiger partial charge < -0.3 is 15.0 Å². The Bertz CT molecular complexity index is 898. The summed E-state index contributed by atoms with van der Waals surface area (Å²) in [6.45, 7) is 8.06. The molecule has 0 unspecified atom stereocenters. The van der Waals surface area contributed by atoms with Gasteiger partial charge in [-0.05, 0) is 38.2 Å². The van der Waals surface area contributed by atoms with E-state index in [1.165, 1.54) is 11.3 Å². The van der Waals surface area contributed by atoms with E-state index in [0.29, 0.717) is 12.2 Å². The second kappa shape index (κ2) is 9.01. The van der Waals surface area contributed by atoms with Gasteiger partial charge in [0.15, 0.2) is 4.96 Å². The van der Waals surface area contributed by atoms with Gasteiger partial charge >= 0.3 is 0 Å². The highest BCUT2D eigenvalue weighted by atomic mass is 32.1. The maximum Gasteiger partial charge on any atom is 0.269 e. The van der Waals surface area contributed by atoms with Crippen LogP contribution in [0.3, 0.4) is 0 Å². The van der Waals surface area contributed by atoms with Crippen LogP contribution in [0.15, 0.2) is 35.8 Å². The predicted molar refractivity (Wildman–Crippen MR) is 110 cm³/mol. The molecule has 0 saturated carbocycles. The summed E-state index contributed by atoms with van der Waals surface area (Å²) in [5.74, 6) is 0.727. The van der Waals surface area contributed by atoms with Crippen LogP contribution in [-0.2, 0) is 0 Å². The molecule has 0 saturated heterocycles. The fraction of sp³-hybridized carbons (Fsp3) is 0.400. The predicted octanol–water partition coefficient (Wildman–Crippen LogP) is 3.53. The van der Waals surface area contributed by atoms with Crippen molar-refractivity contribution in [2.24, 2.45) is 0 Å². The Morgan fingerprint density at radius 1 is 1.33 bits per heavy atom. The van der Waals surface area contributed by atoms with E-state index in [9.17, 15) is 4.79 Å². The summed E-state index contributed by atoms with van der Waals surface area (Å²) >= 11 is 1.47. The zero-order valence-electron chi connectivity index (χ0n) is 16.1. The molecular weight excluding hydrogens is 360 g/mol. The van der Waals surface area contributed by atoms with Gasteiger partial charge in [0.05, 0.1) is 12.8 Å². The number of ether oxygens (including phenoxy) is 1. The molecular formula is C20H26N4O2S. The molecule has 0 aliphatic rings. The van der Waals surface area contributed by atoms with Crippen molar-refractivity contribution < 1.29 is 9.53 Å². The zero-order valence-corrected chi connectivity index (χ0v) is 16.9. The van der Waals surface area contributed by atoms with Crippen LogP contribution in [0.25, 0.3) is 16.2 Å². The van der Waals surface area contributed by atoms with Gasteiger partial charge in [0.1, 0.15) is 11.4 Å². The number of carbonyl (C=O) groups excluding carboxylic acids is 1. The fourth-order valence-corrected chi connectivity index (χ4v) is 3.86. The fourth-order valence-electron chi connectivity index (χ4n) is 3.00. The Balaban J connectivity index is 1.68. The maximum absolute atomic E-state index is 12.6. The van der Waals surface area contributed by atoms with E-state index >= 15 is 0 Å². The van der Waals surface area contributed by atoms with Crippen LogP contribution in [-0.4, -0.2) is 53.5 Å². The highest BCUT2D eigenvalue weighted by Crippen LogP contribution is 2.26. The average molecular weight is 387 g/mol. The third kappa shape index (κ3) is 4.48. The Hall–Kier alpha value is -2.38. The van der Waals surface area contributed by atoms with E-state index in [2.05, 4.69) is 29.0 Å². The van der Waals surface area contributed by atoms with Crippen molar-refractivity contribution in [3.8, 4) is 17.0 Å². The minimum absolute atomic E-state index is 0.0598. The van der Waals surface area contributed by atoms with Crippen LogP contribution in [0.1, 0.15) is 30.8 Å². The summed E-state index contributed by atoms with van der Waals surface area (Å²) in [5, 5.41) is 4.88. The number of hydrogen-bond acceptors (Lipinski definition) is 5. The highest BCUT2D eigenvalue weighted by Gasteiger charge is 2.15. The zero-order chi connectivity index (χ0) is 19.2. The van der Waals surface area contributed by atoms with Gasteiger partial charge in [0.2, 0.25) is 0 Å². The lowest BCUT2D eigenvalue weighted by Crippen LogP contribution is -2.30. The third-order valence-corrected chi connectivity index (χ3v) is 5.48. The average Bonchev–Trinajstić information content (AvgIpc) is 3.29. The molecule has 7 heteroatoms. The van der Waals surface area contributed by atoms with Gasteiger partial charge in [-0.1, -0.05) is 26.0 Å². The van der Waals surface area contributed by atoms with E-state index in [0.717, 1.165) is 48.0 Å². The molecule has 0 fully saturated rings. The summed E-state index contributed by atoms with van der Waals surface area (Å²) in [4.78, 5) is 20.4.